The third-order valence-corrected chi connectivity index (χ3v) is 1.46. The molecule has 0 amide bonds. The molecule has 4 nitrogen and oxygen atoms in total. The van der Waals surface area contributed by atoms with E-state index in [2.05, 4.69) is 25.9 Å². The van der Waals surface area contributed by atoms with Crippen molar-refractivity contribution in [3.63, 3.8) is 0 Å². The molecular formula is C8H11N3O. The number of terminal acetylenes is 1. The number of hydrogen-bond acceptors (Lipinski definition) is 4. The first-order chi connectivity index (χ1) is 5.83. The van der Waals surface area contributed by atoms with Gasteiger partial charge in [-0.15, -0.1) is 6.42 Å². The Morgan fingerprint density at radius 1 is 1.83 bits per heavy atom. The first-order valence-electron chi connectivity index (χ1n) is 3.77. The molecule has 0 aliphatic rings. The lowest BCUT2D eigenvalue weighted by atomic mass is 10.3. The third-order valence-electron chi connectivity index (χ3n) is 1.46. The number of hydrogen-bond donors (Lipinski definition) is 1. The number of aromatic nitrogens is 2. The van der Waals surface area contributed by atoms with Crippen LogP contribution in [0.1, 0.15) is 12.7 Å². The quantitative estimate of drug-likeness (QED) is 0.648. The van der Waals surface area contributed by atoms with Crippen LogP contribution in [0.2, 0.25) is 0 Å². The first-order valence-corrected chi connectivity index (χ1v) is 3.77. The van der Waals surface area contributed by atoms with Crippen LogP contribution in [0.3, 0.4) is 0 Å². The molecule has 64 valence electrons. The van der Waals surface area contributed by atoms with Crippen LogP contribution in [0.5, 0.6) is 0 Å². The van der Waals surface area contributed by atoms with Crippen LogP contribution < -0.4 is 5.32 Å². The van der Waals surface area contributed by atoms with Crippen molar-refractivity contribution < 1.29 is 4.52 Å². The summed E-state index contributed by atoms with van der Waals surface area (Å²) in [6.45, 7) is 2.70. The Bertz CT molecular complexity index is 250. The van der Waals surface area contributed by atoms with Crippen molar-refractivity contribution in [2.75, 3.05) is 6.54 Å². The lowest BCUT2D eigenvalue weighted by Crippen LogP contribution is -2.26. The topological polar surface area (TPSA) is 51.0 Å². The molecule has 1 aromatic rings. The largest absolute Gasteiger partial charge is 0.343 e. The molecule has 0 aliphatic heterocycles. The maximum atomic E-state index is 5.17. The molecule has 0 saturated heterocycles. The normalized spacial score (nSPS) is 12.3. The molecule has 1 atom stereocenters. The zero-order valence-electron chi connectivity index (χ0n) is 6.95. The molecule has 1 rings (SSSR count). The highest BCUT2D eigenvalue weighted by Gasteiger charge is 1.98. The predicted octanol–water partition coefficient (Wildman–Crippen LogP) is 0.223. The van der Waals surface area contributed by atoms with E-state index in [1.165, 1.54) is 6.39 Å². The Labute approximate surface area is 71.4 Å². The highest BCUT2D eigenvalue weighted by Crippen LogP contribution is 1.88. The standard InChI is InChI=1S/C8H11N3O/c1-3-7(2)9-5-4-8-10-6-12-11-8/h1,6-7,9H,4-5H2,2H3. The van der Waals surface area contributed by atoms with Crippen molar-refractivity contribution in [2.45, 2.75) is 19.4 Å². The molecular weight excluding hydrogens is 154 g/mol. The zero-order valence-corrected chi connectivity index (χ0v) is 6.95. The van der Waals surface area contributed by atoms with E-state index in [1.54, 1.807) is 0 Å². The minimum Gasteiger partial charge on any atom is -0.343 e. The van der Waals surface area contributed by atoms with E-state index >= 15 is 0 Å². The maximum Gasteiger partial charge on any atom is 0.213 e. The van der Waals surface area contributed by atoms with Gasteiger partial charge in [0.25, 0.3) is 0 Å². The lowest BCUT2D eigenvalue weighted by Gasteiger charge is -2.04. The Morgan fingerprint density at radius 2 is 2.67 bits per heavy atom. The van der Waals surface area contributed by atoms with Gasteiger partial charge >= 0.3 is 0 Å². The van der Waals surface area contributed by atoms with E-state index in [4.69, 9.17) is 6.42 Å². The lowest BCUT2D eigenvalue weighted by molar-refractivity contribution is 0.409. The molecule has 0 saturated carbocycles. The van der Waals surface area contributed by atoms with Crippen molar-refractivity contribution in [2.24, 2.45) is 0 Å². The van der Waals surface area contributed by atoms with Crippen LogP contribution in [0.25, 0.3) is 0 Å². The summed E-state index contributed by atoms with van der Waals surface area (Å²) in [6.07, 6.45) is 7.23. The van der Waals surface area contributed by atoms with Crippen molar-refractivity contribution in [3.8, 4) is 12.3 Å². The molecule has 12 heavy (non-hydrogen) atoms. The fourth-order valence-electron chi connectivity index (χ4n) is 0.762. The summed E-state index contributed by atoms with van der Waals surface area (Å²) in [4.78, 5) is 3.87. The van der Waals surface area contributed by atoms with Crippen LogP contribution in [-0.4, -0.2) is 22.7 Å². The summed E-state index contributed by atoms with van der Waals surface area (Å²) in [5.74, 6) is 3.27. The van der Waals surface area contributed by atoms with Crippen molar-refractivity contribution in [1.29, 1.82) is 0 Å². The molecule has 4 heteroatoms. The molecule has 1 N–H and O–H groups in total. The summed E-state index contributed by atoms with van der Waals surface area (Å²) in [7, 11) is 0. The highest BCUT2D eigenvalue weighted by atomic mass is 16.5. The average Bonchev–Trinajstić information content (AvgIpc) is 2.57. The average molecular weight is 165 g/mol. The van der Waals surface area contributed by atoms with Crippen LogP contribution >= 0.6 is 0 Å². The molecule has 0 aliphatic carbocycles. The van der Waals surface area contributed by atoms with Gasteiger partial charge in [-0.05, 0) is 6.92 Å². The molecule has 1 heterocycles. The van der Waals surface area contributed by atoms with E-state index in [-0.39, 0.29) is 6.04 Å². The van der Waals surface area contributed by atoms with Gasteiger partial charge in [0.05, 0.1) is 6.04 Å². The Kier molecular flexibility index (Phi) is 3.30. The first kappa shape index (κ1) is 8.75. The van der Waals surface area contributed by atoms with Crippen molar-refractivity contribution >= 4 is 0 Å². The highest BCUT2D eigenvalue weighted by molar-refractivity contribution is 4.96. The van der Waals surface area contributed by atoms with E-state index in [9.17, 15) is 0 Å². The van der Waals surface area contributed by atoms with Gasteiger partial charge in [0.15, 0.2) is 5.82 Å². The van der Waals surface area contributed by atoms with Gasteiger partial charge in [0.1, 0.15) is 0 Å². The second-order valence-electron chi connectivity index (χ2n) is 2.44. The maximum absolute atomic E-state index is 5.17. The van der Waals surface area contributed by atoms with E-state index in [0.717, 1.165) is 13.0 Å². The zero-order chi connectivity index (χ0) is 8.81. The molecule has 0 spiro atoms. The van der Waals surface area contributed by atoms with Crippen LogP contribution in [-0.2, 0) is 6.42 Å². The van der Waals surface area contributed by atoms with Crippen LogP contribution in [0.4, 0.5) is 0 Å². The van der Waals surface area contributed by atoms with Crippen molar-refractivity contribution in [3.05, 3.63) is 12.2 Å². The summed E-state index contributed by atoms with van der Waals surface area (Å²) in [5.41, 5.74) is 0. The predicted molar refractivity (Wildman–Crippen MR) is 44.3 cm³/mol. The molecule has 1 unspecified atom stereocenters. The van der Waals surface area contributed by atoms with Gasteiger partial charge in [-0.25, -0.2) is 0 Å². The summed E-state index contributed by atoms with van der Waals surface area (Å²) >= 11 is 0. The number of rotatable bonds is 4. The van der Waals surface area contributed by atoms with Gasteiger partial charge in [-0.3, -0.25) is 0 Å². The molecule has 0 aromatic carbocycles. The van der Waals surface area contributed by atoms with Crippen molar-refractivity contribution in [1.82, 2.24) is 15.5 Å². The summed E-state index contributed by atoms with van der Waals surface area (Å²) < 4.78 is 4.57. The van der Waals surface area contributed by atoms with E-state index < -0.39 is 0 Å². The summed E-state index contributed by atoms with van der Waals surface area (Å²) in [5, 5.41) is 6.77. The van der Waals surface area contributed by atoms with E-state index in [1.807, 2.05) is 6.92 Å². The minimum absolute atomic E-state index is 0.0944. The second kappa shape index (κ2) is 4.52. The van der Waals surface area contributed by atoms with Crippen LogP contribution in [0, 0.1) is 12.3 Å². The molecule has 0 bridgehead atoms. The molecule has 0 fully saturated rings. The SMILES string of the molecule is C#CC(C)NCCc1ncon1. The molecule has 1 aromatic heterocycles. The third kappa shape index (κ3) is 2.72. The monoisotopic (exact) mass is 165 g/mol. The van der Waals surface area contributed by atoms with Crippen LogP contribution in [0.15, 0.2) is 10.9 Å². The van der Waals surface area contributed by atoms with Gasteiger partial charge < -0.3 is 9.84 Å². The van der Waals surface area contributed by atoms with Gasteiger partial charge in [-0.1, -0.05) is 11.1 Å². The minimum atomic E-state index is 0.0944. The summed E-state index contributed by atoms with van der Waals surface area (Å²) in [6, 6.07) is 0.0944. The Hall–Kier alpha value is -1.34. The number of nitrogens with one attached hydrogen (secondary N) is 1. The van der Waals surface area contributed by atoms with Gasteiger partial charge in [0, 0.05) is 13.0 Å². The van der Waals surface area contributed by atoms with Gasteiger partial charge in [-0.2, -0.15) is 4.98 Å². The number of nitrogens with zero attached hydrogens (tertiary/aromatic N) is 2. The van der Waals surface area contributed by atoms with Gasteiger partial charge in [0.2, 0.25) is 6.39 Å². The molecule has 0 radical (unpaired) electrons. The fraction of sp³-hybridized carbons (Fsp3) is 0.500. The fourth-order valence-corrected chi connectivity index (χ4v) is 0.762. The Balaban J connectivity index is 2.16. The smallest absolute Gasteiger partial charge is 0.213 e. The second-order valence-corrected chi connectivity index (χ2v) is 2.44. The van der Waals surface area contributed by atoms with E-state index in [0.29, 0.717) is 5.82 Å². The Morgan fingerprint density at radius 3 is 3.25 bits per heavy atom.